The Kier molecular flexibility index (Phi) is 11.6. The Morgan fingerprint density at radius 3 is 2.63 bits per heavy atom. The molecule has 0 saturated carbocycles. The number of piperazine rings is 1. The summed E-state index contributed by atoms with van der Waals surface area (Å²) in [5, 5.41) is 14.4. The fraction of sp³-hybridized carbons (Fsp3) is 0.467. The summed E-state index contributed by atoms with van der Waals surface area (Å²) in [5.41, 5.74) is 2.64. The van der Waals surface area contributed by atoms with Crippen LogP contribution in [0.2, 0.25) is 10.0 Å². The van der Waals surface area contributed by atoms with Crippen molar-refractivity contribution in [1.29, 1.82) is 0 Å². The standard InChI is InChI=1S/C30H38Cl2N4O5/c1-22(37)33-13-5-8-29(39)41-21-36-27-20-24(11-9-23(27)10-12-28(36)38)40-19-3-2-14-34-15-17-35(18-16-34)26-7-4-6-25(31)30(26)32/h4,6-7,9-12,20,28,38H,2-3,5,8,13-19,21H2,1H3,(H,33,37). The van der Waals surface area contributed by atoms with Crippen LogP contribution in [0.15, 0.2) is 42.5 Å². The van der Waals surface area contributed by atoms with E-state index in [1.807, 2.05) is 42.5 Å². The highest BCUT2D eigenvalue weighted by atomic mass is 35.5. The topological polar surface area (TPSA) is 94.6 Å². The molecule has 41 heavy (non-hydrogen) atoms. The summed E-state index contributed by atoms with van der Waals surface area (Å²) in [6.45, 7) is 7.12. The normalized spacial score (nSPS) is 16.8. The van der Waals surface area contributed by atoms with Crippen LogP contribution < -0.4 is 19.9 Å². The molecule has 4 rings (SSSR count). The average molecular weight is 606 g/mol. The van der Waals surface area contributed by atoms with E-state index in [2.05, 4.69) is 15.1 Å². The van der Waals surface area contributed by atoms with Gasteiger partial charge in [0.1, 0.15) is 12.0 Å². The number of nitrogens with one attached hydrogen (secondary N) is 1. The number of ether oxygens (including phenoxy) is 2. The average Bonchev–Trinajstić information content (AvgIpc) is 2.96. The van der Waals surface area contributed by atoms with Gasteiger partial charge < -0.3 is 29.7 Å². The molecule has 1 atom stereocenters. The highest BCUT2D eigenvalue weighted by Gasteiger charge is 2.23. The van der Waals surface area contributed by atoms with Crippen LogP contribution in [-0.2, 0) is 14.3 Å². The lowest BCUT2D eigenvalue weighted by atomic mass is 10.1. The highest BCUT2D eigenvalue weighted by Crippen LogP contribution is 2.33. The van der Waals surface area contributed by atoms with Crippen molar-refractivity contribution in [2.24, 2.45) is 0 Å². The lowest BCUT2D eigenvalue weighted by Gasteiger charge is -2.36. The van der Waals surface area contributed by atoms with Gasteiger partial charge in [0.25, 0.3) is 0 Å². The number of benzene rings is 2. The number of hydrogen-bond donors (Lipinski definition) is 2. The first-order valence-electron chi connectivity index (χ1n) is 14.0. The van der Waals surface area contributed by atoms with Gasteiger partial charge in [0.05, 0.1) is 28.0 Å². The molecule has 11 heteroatoms. The Morgan fingerprint density at radius 2 is 1.85 bits per heavy atom. The highest BCUT2D eigenvalue weighted by molar-refractivity contribution is 6.43. The lowest BCUT2D eigenvalue weighted by Crippen LogP contribution is -2.46. The van der Waals surface area contributed by atoms with E-state index in [9.17, 15) is 14.7 Å². The van der Waals surface area contributed by atoms with Crippen LogP contribution in [0.4, 0.5) is 11.4 Å². The number of aliphatic hydroxyl groups is 1. The van der Waals surface area contributed by atoms with Crippen LogP contribution >= 0.6 is 23.2 Å². The second kappa shape index (κ2) is 15.3. The minimum atomic E-state index is -0.916. The molecule has 2 aliphatic rings. The Bertz CT molecular complexity index is 1220. The van der Waals surface area contributed by atoms with E-state index in [1.54, 1.807) is 11.0 Å². The number of carbonyl (C=O) groups excluding carboxylic acids is 2. The van der Waals surface area contributed by atoms with Gasteiger partial charge in [-0.25, -0.2) is 0 Å². The first-order valence-corrected chi connectivity index (χ1v) is 14.8. The Balaban J connectivity index is 1.18. The molecule has 1 saturated heterocycles. The van der Waals surface area contributed by atoms with Gasteiger partial charge in [0, 0.05) is 52.1 Å². The Labute approximate surface area is 251 Å². The molecule has 2 aromatic carbocycles. The number of rotatable bonds is 13. The summed E-state index contributed by atoms with van der Waals surface area (Å²) in [6, 6.07) is 11.5. The molecule has 1 unspecified atom stereocenters. The van der Waals surface area contributed by atoms with Gasteiger partial charge in [-0.1, -0.05) is 35.3 Å². The van der Waals surface area contributed by atoms with Crippen molar-refractivity contribution in [3.63, 3.8) is 0 Å². The van der Waals surface area contributed by atoms with Crippen molar-refractivity contribution in [2.45, 2.75) is 38.8 Å². The van der Waals surface area contributed by atoms with E-state index < -0.39 is 6.23 Å². The number of amides is 1. The Hall–Kier alpha value is -2.98. The Morgan fingerprint density at radius 1 is 1.05 bits per heavy atom. The minimum Gasteiger partial charge on any atom is -0.494 e. The fourth-order valence-corrected chi connectivity index (χ4v) is 5.29. The number of aliphatic hydroxyl groups excluding tert-OH is 1. The molecule has 2 heterocycles. The number of anilines is 2. The van der Waals surface area contributed by atoms with E-state index in [1.165, 1.54) is 6.92 Å². The smallest absolute Gasteiger partial charge is 0.307 e. The molecule has 222 valence electrons. The van der Waals surface area contributed by atoms with Crippen LogP contribution in [0.3, 0.4) is 0 Å². The first-order chi connectivity index (χ1) is 19.8. The van der Waals surface area contributed by atoms with Gasteiger partial charge in [-0.15, -0.1) is 0 Å². The number of carbonyl (C=O) groups is 2. The summed E-state index contributed by atoms with van der Waals surface area (Å²) < 4.78 is 11.4. The largest absolute Gasteiger partial charge is 0.494 e. The van der Waals surface area contributed by atoms with Crippen molar-refractivity contribution in [2.75, 3.05) is 62.4 Å². The predicted octanol–water partition coefficient (Wildman–Crippen LogP) is 4.54. The third kappa shape index (κ3) is 9.00. The first kappa shape index (κ1) is 31.0. The van der Waals surface area contributed by atoms with E-state index >= 15 is 0 Å². The van der Waals surface area contributed by atoms with Crippen molar-refractivity contribution < 1.29 is 24.2 Å². The van der Waals surface area contributed by atoms with Gasteiger partial charge in [-0.3, -0.25) is 14.5 Å². The monoisotopic (exact) mass is 604 g/mol. The molecule has 1 fully saturated rings. The van der Waals surface area contributed by atoms with E-state index in [0.29, 0.717) is 35.4 Å². The third-order valence-corrected chi connectivity index (χ3v) is 7.97. The minimum absolute atomic E-state index is 0.0856. The molecule has 0 aliphatic carbocycles. The number of esters is 1. The zero-order valence-corrected chi connectivity index (χ0v) is 24.9. The molecule has 9 nitrogen and oxygen atoms in total. The summed E-state index contributed by atoms with van der Waals surface area (Å²) in [6.07, 6.45) is 5.19. The molecular weight excluding hydrogens is 567 g/mol. The summed E-state index contributed by atoms with van der Waals surface area (Å²) in [7, 11) is 0. The van der Waals surface area contributed by atoms with Crippen LogP contribution in [0.25, 0.3) is 6.08 Å². The molecule has 2 aliphatic heterocycles. The maximum Gasteiger partial charge on any atom is 0.307 e. The van der Waals surface area contributed by atoms with Crippen LogP contribution in [0.5, 0.6) is 5.75 Å². The summed E-state index contributed by atoms with van der Waals surface area (Å²) in [4.78, 5) is 29.4. The molecule has 0 bridgehead atoms. The second-order valence-electron chi connectivity index (χ2n) is 10.2. The number of hydrogen-bond acceptors (Lipinski definition) is 8. The molecule has 2 N–H and O–H groups in total. The van der Waals surface area contributed by atoms with Crippen molar-refractivity contribution in [3.8, 4) is 5.75 Å². The maximum atomic E-state index is 12.1. The summed E-state index contributed by atoms with van der Waals surface area (Å²) in [5.74, 6) is 0.178. The zero-order valence-electron chi connectivity index (χ0n) is 23.4. The fourth-order valence-electron chi connectivity index (χ4n) is 4.87. The quantitative estimate of drug-likeness (QED) is 0.254. The van der Waals surface area contributed by atoms with E-state index in [-0.39, 0.29) is 25.0 Å². The third-order valence-electron chi connectivity index (χ3n) is 7.16. The SMILES string of the molecule is CC(=O)NCCCC(=O)OCN1c2cc(OCCCCN3CCN(c4cccc(Cl)c4Cl)CC3)ccc2C=CC1O. The number of fused-ring (bicyclic) bond motifs is 1. The molecule has 0 radical (unpaired) electrons. The second-order valence-corrected chi connectivity index (χ2v) is 10.9. The van der Waals surface area contributed by atoms with Crippen molar-refractivity contribution in [3.05, 3.63) is 58.1 Å². The molecule has 0 spiro atoms. The molecule has 2 aromatic rings. The van der Waals surface area contributed by atoms with E-state index in [0.717, 1.165) is 62.5 Å². The lowest BCUT2D eigenvalue weighted by molar-refractivity contribution is -0.144. The van der Waals surface area contributed by atoms with Gasteiger partial charge in [0.2, 0.25) is 5.91 Å². The van der Waals surface area contributed by atoms with Gasteiger partial charge in [-0.05, 0) is 61.7 Å². The van der Waals surface area contributed by atoms with Crippen molar-refractivity contribution >= 4 is 52.5 Å². The van der Waals surface area contributed by atoms with Crippen LogP contribution in [-0.4, -0.2) is 80.7 Å². The zero-order chi connectivity index (χ0) is 29.2. The number of unbranched alkanes of at least 4 members (excludes halogenated alkanes) is 1. The maximum absolute atomic E-state index is 12.1. The van der Waals surface area contributed by atoms with Crippen LogP contribution in [0.1, 0.15) is 38.2 Å². The number of nitrogens with zero attached hydrogens (tertiary/aromatic N) is 3. The van der Waals surface area contributed by atoms with Gasteiger partial charge >= 0.3 is 5.97 Å². The summed E-state index contributed by atoms with van der Waals surface area (Å²) >= 11 is 12.6. The van der Waals surface area contributed by atoms with Gasteiger partial charge in [0.15, 0.2) is 6.73 Å². The number of halogens is 2. The molecule has 1 amide bonds. The van der Waals surface area contributed by atoms with Crippen molar-refractivity contribution in [1.82, 2.24) is 10.2 Å². The van der Waals surface area contributed by atoms with Crippen LogP contribution in [0, 0.1) is 0 Å². The molecular formula is C30H38Cl2N4O5. The molecule has 0 aromatic heterocycles. The predicted molar refractivity (Wildman–Crippen MR) is 163 cm³/mol. The van der Waals surface area contributed by atoms with Gasteiger partial charge in [-0.2, -0.15) is 0 Å². The van der Waals surface area contributed by atoms with E-state index in [4.69, 9.17) is 32.7 Å².